The topological polar surface area (TPSA) is 97.3 Å². The average Bonchev–Trinajstić information content (AvgIpc) is 2.77. The molecule has 1 heterocycles. The first-order valence-electron chi connectivity index (χ1n) is 9.43. The van der Waals surface area contributed by atoms with Gasteiger partial charge in [-0.1, -0.05) is 42.5 Å². The van der Waals surface area contributed by atoms with Gasteiger partial charge in [-0.3, -0.25) is 14.3 Å². The Balaban J connectivity index is 1.62. The number of nitrogens with zero attached hydrogens (tertiary/aromatic N) is 1. The normalized spacial score (nSPS) is 11.3. The predicted molar refractivity (Wildman–Crippen MR) is 121 cm³/mol. The maximum Gasteiger partial charge on any atom is 0.261 e. The minimum Gasteiger partial charge on any atom is -0.322 e. The molecule has 0 saturated heterocycles. The fourth-order valence-electron chi connectivity index (χ4n) is 3.27. The van der Waals surface area contributed by atoms with E-state index in [0.717, 1.165) is 0 Å². The lowest BCUT2D eigenvalue weighted by molar-refractivity contribution is 0.102. The van der Waals surface area contributed by atoms with Crippen molar-refractivity contribution in [2.45, 2.75) is 4.90 Å². The molecule has 156 valence electrons. The van der Waals surface area contributed by atoms with Gasteiger partial charge >= 0.3 is 0 Å². The first-order chi connectivity index (χ1) is 14.8. The van der Waals surface area contributed by atoms with E-state index in [-0.39, 0.29) is 16.0 Å². The number of hydrogen-bond donors (Lipinski definition) is 2. The second-order valence-corrected chi connectivity index (χ2v) is 8.61. The summed E-state index contributed by atoms with van der Waals surface area (Å²) in [4.78, 5) is 25.3. The fourth-order valence-corrected chi connectivity index (χ4v) is 4.34. The minimum absolute atomic E-state index is 0.135. The number of carbonyl (C=O) groups is 1. The number of amides is 1. The number of aryl methyl sites for hydroxylation is 1. The Bertz CT molecular complexity index is 1440. The minimum atomic E-state index is -3.76. The van der Waals surface area contributed by atoms with Crippen LogP contribution in [0.1, 0.15) is 10.4 Å². The van der Waals surface area contributed by atoms with Crippen molar-refractivity contribution in [3.05, 3.63) is 101 Å². The van der Waals surface area contributed by atoms with E-state index in [0.29, 0.717) is 22.3 Å². The van der Waals surface area contributed by atoms with Gasteiger partial charge in [0.2, 0.25) is 0 Å². The van der Waals surface area contributed by atoms with E-state index >= 15 is 0 Å². The molecule has 0 radical (unpaired) electrons. The summed E-state index contributed by atoms with van der Waals surface area (Å²) in [6, 6.07) is 22.8. The van der Waals surface area contributed by atoms with Gasteiger partial charge in [0.15, 0.2) is 0 Å². The molecule has 0 unspecified atom stereocenters. The van der Waals surface area contributed by atoms with Crippen LogP contribution in [0.3, 0.4) is 0 Å². The maximum absolute atomic E-state index is 12.9. The van der Waals surface area contributed by atoms with E-state index in [2.05, 4.69) is 10.0 Å². The van der Waals surface area contributed by atoms with Gasteiger partial charge in [-0.2, -0.15) is 0 Å². The molecule has 0 aliphatic heterocycles. The Hall–Kier alpha value is -3.91. The van der Waals surface area contributed by atoms with Crippen molar-refractivity contribution in [3.8, 4) is 0 Å². The Morgan fingerprint density at radius 2 is 1.52 bits per heavy atom. The summed E-state index contributed by atoms with van der Waals surface area (Å²) in [6.07, 6.45) is 0. The van der Waals surface area contributed by atoms with Gasteiger partial charge in [0.25, 0.3) is 21.5 Å². The van der Waals surface area contributed by atoms with Crippen molar-refractivity contribution in [2.24, 2.45) is 7.05 Å². The molecule has 2 N–H and O–H groups in total. The first kappa shape index (κ1) is 20.4. The van der Waals surface area contributed by atoms with E-state index in [1.165, 1.54) is 28.8 Å². The molecular formula is C23H19N3O4S. The summed E-state index contributed by atoms with van der Waals surface area (Å²) in [6.45, 7) is 0. The molecule has 4 rings (SSSR count). The lowest BCUT2D eigenvalue weighted by Gasteiger charge is -2.12. The zero-order valence-electron chi connectivity index (χ0n) is 16.6. The number of sulfonamides is 1. The van der Waals surface area contributed by atoms with Crippen LogP contribution in [0.4, 0.5) is 11.4 Å². The number of hydrogen-bond acceptors (Lipinski definition) is 4. The van der Waals surface area contributed by atoms with Gasteiger partial charge in [-0.15, -0.1) is 0 Å². The largest absolute Gasteiger partial charge is 0.322 e. The lowest BCUT2D eigenvalue weighted by Crippen LogP contribution is -2.21. The number of pyridine rings is 1. The Morgan fingerprint density at radius 3 is 2.29 bits per heavy atom. The molecule has 7 nitrogen and oxygen atoms in total. The molecule has 0 spiro atoms. The van der Waals surface area contributed by atoms with Crippen LogP contribution in [0.25, 0.3) is 10.9 Å². The number of anilines is 2. The summed E-state index contributed by atoms with van der Waals surface area (Å²) >= 11 is 0. The highest BCUT2D eigenvalue weighted by Crippen LogP contribution is 2.22. The molecule has 8 heteroatoms. The lowest BCUT2D eigenvalue weighted by atomic mass is 10.1. The first-order valence-corrected chi connectivity index (χ1v) is 10.9. The van der Waals surface area contributed by atoms with Crippen LogP contribution in [-0.2, 0) is 17.1 Å². The summed E-state index contributed by atoms with van der Waals surface area (Å²) in [7, 11) is -2.11. The van der Waals surface area contributed by atoms with Crippen LogP contribution in [0.15, 0.2) is 94.6 Å². The molecular weight excluding hydrogens is 414 g/mol. The van der Waals surface area contributed by atoms with Crippen molar-refractivity contribution < 1.29 is 13.2 Å². The summed E-state index contributed by atoms with van der Waals surface area (Å²) in [5.74, 6) is -0.461. The van der Waals surface area contributed by atoms with Crippen molar-refractivity contribution in [3.63, 3.8) is 0 Å². The maximum atomic E-state index is 12.9. The number of benzene rings is 3. The summed E-state index contributed by atoms with van der Waals surface area (Å²) in [5.41, 5.74) is 1.28. The predicted octanol–water partition coefficient (Wildman–Crippen LogP) is 3.59. The second-order valence-electron chi connectivity index (χ2n) is 6.93. The van der Waals surface area contributed by atoms with Crippen LogP contribution < -0.4 is 15.6 Å². The molecule has 0 aliphatic rings. The fraction of sp³-hybridized carbons (Fsp3) is 0.0435. The molecule has 0 bridgehead atoms. The number of aromatic nitrogens is 1. The number of nitrogens with one attached hydrogen (secondary N) is 2. The Kier molecular flexibility index (Phi) is 5.31. The number of carbonyl (C=O) groups excluding carboxylic acids is 1. The zero-order chi connectivity index (χ0) is 22.0. The number of fused-ring (bicyclic) bond motifs is 1. The monoisotopic (exact) mass is 433 g/mol. The van der Waals surface area contributed by atoms with Crippen LogP contribution in [0.5, 0.6) is 0 Å². The van der Waals surface area contributed by atoms with E-state index in [1.807, 2.05) is 0 Å². The summed E-state index contributed by atoms with van der Waals surface area (Å²) in [5, 5.41) is 3.38. The molecule has 4 aromatic rings. The van der Waals surface area contributed by atoms with Gasteiger partial charge in [-0.05, 0) is 36.4 Å². The van der Waals surface area contributed by atoms with Gasteiger partial charge in [0.1, 0.15) is 0 Å². The Morgan fingerprint density at radius 1 is 0.839 bits per heavy atom. The van der Waals surface area contributed by atoms with Crippen molar-refractivity contribution in [2.75, 3.05) is 10.0 Å². The highest BCUT2D eigenvalue weighted by molar-refractivity contribution is 7.92. The van der Waals surface area contributed by atoms with Crippen molar-refractivity contribution in [1.29, 1.82) is 0 Å². The highest BCUT2D eigenvalue weighted by Gasteiger charge is 2.16. The molecule has 0 fully saturated rings. The molecule has 1 amide bonds. The SMILES string of the molecule is Cn1c(=O)cc(C(=O)Nc2cccc(NS(=O)(=O)c3ccccc3)c2)c2ccccc21. The molecule has 0 atom stereocenters. The number of para-hydroxylation sites is 1. The Labute approximate surface area is 179 Å². The zero-order valence-corrected chi connectivity index (χ0v) is 17.4. The third-order valence-electron chi connectivity index (χ3n) is 4.82. The quantitative estimate of drug-likeness (QED) is 0.503. The van der Waals surface area contributed by atoms with Crippen LogP contribution in [0.2, 0.25) is 0 Å². The highest BCUT2D eigenvalue weighted by atomic mass is 32.2. The molecule has 31 heavy (non-hydrogen) atoms. The van der Waals surface area contributed by atoms with Crippen molar-refractivity contribution in [1.82, 2.24) is 4.57 Å². The second kappa shape index (κ2) is 8.08. The standard InChI is InChI=1S/C23H19N3O4S/c1-26-21-13-6-5-12-19(21)20(15-22(26)27)23(28)24-16-8-7-9-17(14-16)25-31(29,30)18-10-3-2-4-11-18/h2-15,25H,1H3,(H,24,28). The van der Waals surface area contributed by atoms with Crippen molar-refractivity contribution >= 4 is 38.2 Å². The van der Waals surface area contributed by atoms with Crippen LogP contribution in [-0.4, -0.2) is 18.9 Å². The van der Waals surface area contributed by atoms with Crippen LogP contribution in [0, 0.1) is 0 Å². The van der Waals surface area contributed by atoms with Crippen LogP contribution >= 0.6 is 0 Å². The van der Waals surface area contributed by atoms with E-state index in [9.17, 15) is 18.0 Å². The smallest absolute Gasteiger partial charge is 0.261 e. The molecule has 0 saturated carbocycles. The third-order valence-corrected chi connectivity index (χ3v) is 6.22. The van der Waals surface area contributed by atoms with Gasteiger partial charge in [0, 0.05) is 24.2 Å². The average molecular weight is 433 g/mol. The third kappa shape index (κ3) is 4.19. The van der Waals surface area contributed by atoms with Gasteiger partial charge < -0.3 is 9.88 Å². The molecule has 0 aliphatic carbocycles. The number of rotatable bonds is 5. The van der Waals surface area contributed by atoms with Gasteiger partial charge in [-0.25, -0.2) is 8.42 Å². The molecule has 3 aromatic carbocycles. The van der Waals surface area contributed by atoms with E-state index in [4.69, 9.17) is 0 Å². The van der Waals surface area contributed by atoms with E-state index < -0.39 is 15.9 Å². The summed E-state index contributed by atoms with van der Waals surface area (Å²) < 4.78 is 29.1. The van der Waals surface area contributed by atoms with Gasteiger partial charge in [0.05, 0.1) is 21.7 Å². The van der Waals surface area contributed by atoms with E-state index in [1.54, 1.807) is 67.7 Å². The molecule has 1 aromatic heterocycles.